The average molecular weight is 496 g/mol. The Labute approximate surface area is 202 Å². The summed E-state index contributed by atoms with van der Waals surface area (Å²) in [6, 6.07) is 6.17. The number of hydrogen-bond donors (Lipinski definition) is 1. The normalized spacial score (nSPS) is 13.2. The van der Waals surface area contributed by atoms with E-state index in [-0.39, 0.29) is 41.9 Å². The van der Waals surface area contributed by atoms with E-state index in [1.807, 2.05) is 13.8 Å². The minimum absolute atomic E-state index is 0.00838. The zero-order valence-corrected chi connectivity index (χ0v) is 20.2. The Morgan fingerprint density at radius 3 is 2.50 bits per heavy atom. The van der Waals surface area contributed by atoms with Crippen molar-refractivity contribution in [2.75, 3.05) is 20.3 Å². The van der Waals surface area contributed by atoms with Gasteiger partial charge in [0.25, 0.3) is 0 Å². The van der Waals surface area contributed by atoms with Crippen molar-refractivity contribution in [1.29, 1.82) is 0 Å². The topological polar surface area (TPSA) is 85.2 Å². The smallest absolute Gasteiger partial charge is 0.322 e. The first-order valence-electron chi connectivity index (χ1n) is 10.8. The first-order chi connectivity index (χ1) is 16.1. The highest BCUT2D eigenvalue weighted by atomic mass is 35.5. The van der Waals surface area contributed by atoms with Gasteiger partial charge in [0.2, 0.25) is 0 Å². The van der Waals surface area contributed by atoms with Gasteiger partial charge in [-0.05, 0) is 36.1 Å². The van der Waals surface area contributed by atoms with E-state index >= 15 is 0 Å². The highest BCUT2D eigenvalue weighted by Crippen LogP contribution is 2.29. The fraction of sp³-hybridized carbons (Fsp3) is 0.400. The molecule has 0 heterocycles. The molecule has 0 aliphatic rings. The van der Waals surface area contributed by atoms with E-state index in [2.05, 4.69) is 4.99 Å². The Bertz CT molecular complexity index is 1060. The van der Waals surface area contributed by atoms with Crippen molar-refractivity contribution < 1.29 is 33.0 Å². The predicted octanol–water partition coefficient (Wildman–Crippen LogP) is 4.67. The third-order valence-corrected chi connectivity index (χ3v) is 5.55. The zero-order chi connectivity index (χ0) is 25.4. The molecule has 2 atom stereocenters. The average Bonchev–Trinajstić information content (AvgIpc) is 2.80. The van der Waals surface area contributed by atoms with Crippen molar-refractivity contribution in [3.8, 4) is 5.75 Å². The zero-order valence-electron chi connectivity index (χ0n) is 19.5. The monoisotopic (exact) mass is 495 g/mol. The van der Waals surface area contributed by atoms with E-state index in [0.717, 1.165) is 12.3 Å². The quantitative estimate of drug-likeness (QED) is 0.212. The molecule has 2 unspecified atom stereocenters. The molecule has 1 N–H and O–H groups in total. The van der Waals surface area contributed by atoms with Gasteiger partial charge in [0.15, 0.2) is 11.7 Å². The lowest BCUT2D eigenvalue weighted by Crippen LogP contribution is -2.30. The number of hydrogen-bond acceptors (Lipinski definition) is 6. The second-order valence-corrected chi connectivity index (χ2v) is 8.33. The molecule has 9 heteroatoms. The van der Waals surface area contributed by atoms with Crippen LogP contribution in [0.25, 0.3) is 0 Å². The first kappa shape index (κ1) is 27.4. The summed E-state index contributed by atoms with van der Waals surface area (Å²) in [5.41, 5.74) is 0.151. The molecule has 34 heavy (non-hydrogen) atoms. The van der Waals surface area contributed by atoms with Gasteiger partial charge in [-0.25, -0.2) is 8.78 Å². The number of carbonyl (C=O) groups excluding carboxylic acids is 2. The summed E-state index contributed by atoms with van der Waals surface area (Å²) in [6.45, 7) is 4.94. The summed E-state index contributed by atoms with van der Waals surface area (Å²) < 4.78 is 39.6. The molecule has 0 radical (unpaired) electrons. The van der Waals surface area contributed by atoms with Crippen LogP contribution in [0, 0.1) is 23.5 Å². The molecule has 0 saturated carbocycles. The summed E-state index contributed by atoms with van der Waals surface area (Å²) in [6.07, 6.45) is 1.05. The number of halogens is 3. The van der Waals surface area contributed by atoms with Crippen LogP contribution in [0.1, 0.15) is 42.3 Å². The second-order valence-electron chi connectivity index (χ2n) is 7.92. The summed E-state index contributed by atoms with van der Waals surface area (Å²) in [4.78, 5) is 29.9. The summed E-state index contributed by atoms with van der Waals surface area (Å²) in [5.74, 6) is -4.80. The maximum Gasteiger partial charge on any atom is 0.322 e. The summed E-state index contributed by atoms with van der Waals surface area (Å²) in [7, 11) is 1.32. The molecule has 2 aromatic rings. The van der Waals surface area contributed by atoms with Gasteiger partial charge >= 0.3 is 5.97 Å². The van der Waals surface area contributed by atoms with Crippen LogP contribution in [0.2, 0.25) is 5.02 Å². The number of benzene rings is 2. The van der Waals surface area contributed by atoms with Crippen LogP contribution in [0.15, 0.2) is 35.3 Å². The molecule has 0 fully saturated rings. The Balaban J connectivity index is 2.51. The fourth-order valence-corrected chi connectivity index (χ4v) is 3.46. The fourth-order valence-electron chi connectivity index (χ4n) is 3.27. The SMILES string of the molecule is CCOC(=O)C(C=NC(CO)C(C)C)C(=O)c1cc(Cc2cccc(Cl)c2F)c(OC)cc1F. The minimum Gasteiger partial charge on any atom is -0.496 e. The van der Waals surface area contributed by atoms with Crippen LogP contribution in [-0.2, 0) is 16.0 Å². The molecule has 0 amide bonds. The van der Waals surface area contributed by atoms with Crippen LogP contribution in [0.5, 0.6) is 5.75 Å². The van der Waals surface area contributed by atoms with Crippen molar-refractivity contribution in [3.63, 3.8) is 0 Å². The number of aliphatic hydroxyl groups is 1. The van der Waals surface area contributed by atoms with E-state index in [4.69, 9.17) is 21.1 Å². The van der Waals surface area contributed by atoms with Crippen LogP contribution < -0.4 is 4.74 Å². The Morgan fingerprint density at radius 2 is 1.91 bits per heavy atom. The van der Waals surface area contributed by atoms with Gasteiger partial charge < -0.3 is 14.6 Å². The number of aliphatic imine (C=N–C) groups is 1. The van der Waals surface area contributed by atoms with Gasteiger partial charge in [-0.1, -0.05) is 37.6 Å². The standard InChI is InChI=1S/C25H28ClF2NO5/c1-5-34-25(32)18(12-29-21(13-30)14(2)3)24(31)17-10-16(22(33-4)11-20(17)27)9-15-7-6-8-19(26)23(15)28/h6-8,10-12,14,18,21,30H,5,9,13H2,1-4H3. The molecular weight excluding hydrogens is 468 g/mol. The van der Waals surface area contributed by atoms with Gasteiger partial charge in [-0.15, -0.1) is 0 Å². The predicted molar refractivity (Wildman–Crippen MR) is 126 cm³/mol. The lowest BCUT2D eigenvalue weighted by molar-refractivity contribution is -0.144. The van der Waals surface area contributed by atoms with E-state index < -0.39 is 40.9 Å². The van der Waals surface area contributed by atoms with E-state index in [0.29, 0.717) is 5.56 Å². The molecule has 0 saturated heterocycles. The second kappa shape index (κ2) is 12.6. The van der Waals surface area contributed by atoms with Crippen molar-refractivity contribution in [2.24, 2.45) is 16.8 Å². The number of methoxy groups -OCH3 is 1. The van der Waals surface area contributed by atoms with Gasteiger partial charge in [-0.3, -0.25) is 14.6 Å². The number of rotatable bonds is 11. The van der Waals surface area contributed by atoms with Gasteiger partial charge in [0.1, 0.15) is 17.4 Å². The molecule has 184 valence electrons. The van der Waals surface area contributed by atoms with Gasteiger partial charge in [0, 0.05) is 18.7 Å². The number of ketones is 1. The third-order valence-electron chi connectivity index (χ3n) is 5.25. The molecule has 0 spiro atoms. The maximum absolute atomic E-state index is 14.9. The van der Waals surface area contributed by atoms with E-state index in [1.165, 1.54) is 25.3 Å². The summed E-state index contributed by atoms with van der Waals surface area (Å²) >= 11 is 5.86. The molecule has 0 bridgehead atoms. The first-order valence-corrected chi connectivity index (χ1v) is 11.2. The number of ether oxygens (including phenoxy) is 2. The van der Waals surface area contributed by atoms with Crippen molar-refractivity contribution in [1.82, 2.24) is 0 Å². The summed E-state index contributed by atoms with van der Waals surface area (Å²) in [5, 5.41) is 9.43. The highest BCUT2D eigenvalue weighted by Gasteiger charge is 2.31. The number of esters is 1. The number of aliphatic hydroxyl groups excluding tert-OH is 1. The molecule has 0 aliphatic heterocycles. The Hall–Kier alpha value is -2.84. The third kappa shape index (κ3) is 6.61. The minimum atomic E-state index is -1.52. The van der Waals surface area contributed by atoms with Crippen LogP contribution in [0.4, 0.5) is 8.78 Å². The lowest BCUT2D eigenvalue weighted by atomic mass is 9.94. The lowest BCUT2D eigenvalue weighted by Gasteiger charge is -2.17. The number of Topliss-reactive ketones (excluding diaryl/α,β-unsaturated/α-hetero) is 1. The van der Waals surface area contributed by atoms with Crippen LogP contribution >= 0.6 is 11.6 Å². The number of carbonyl (C=O) groups is 2. The van der Waals surface area contributed by atoms with Crippen molar-refractivity contribution in [2.45, 2.75) is 33.2 Å². The van der Waals surface area contributed by atoms with Crippen LogP contribution in [0.3, 0.4) is 0 Å². The largest absolute Gasteiger partial charge is 0.496 e. The Kier molecular flexibility index (Phi) is 10.1. The molecule has 6 nitrogen and oxygen atoms in total. The molecule has 0 aromatic heterocycles. The van der Waals surface area contributed by atoms with Crippen molar-refractivity contribution >= 4 is 29.6 Å². The molecule has 0 aliphatic carbocycles. The van der Waals surface area contributed by atoms with Gasteiger partial charge in [0.05, 0.1) is 37.0 Å². The van der Waals surface area contributed by atoms with Gasteiger partial charge in [-0.2, -0.15) is 0 Å². The maximum atomic E-state index is 14.9. The molecular formula is C25H28ClF2NO5. The van der Waals surface area contributed by atoms with E-state index in [9.17, 15) is 23.5 Å². The van der Waals surface area contributed by atoms with Crippen molar-refractivity contribution in [3.05, 3.63) is 63.7 Å². The number of nitrogens with zero attached hydrogens (tertiary/aromatic N) is 1. The Morgan fingerprint density at radius 1 is 1.21 bits per heavy atom. The molecule has 2 aromatic carbocycles. The molecule has 2 rings (SSSR count). The van der Waals surface area contributed by atoms with E-state index in [1.54, 1.807) is 13.0 Å². The van der Waals surface area contributed by atoms with Crippen LogP contribution in [-0.4, -0.2) is 49.4 Å². The highest BCUT2D eigenvalue weighted by molar-refractivity contribution is 6.30.